The molecule has 9 heteroatoms. The number of para-hydroxylation sites is 1. The monoisotopic (exact) mass is 490 g/mol. The second-order valence-electron chi connectivity index (χ2n) is 8.36. The van der Waals surface area contributed by atoms with Crippen LogP contribution in [-0.4, -0.2) is 52.2 Å². The Hall–Kier alpha value is -3.56. The molecule has 8 nitrogen and oxygen atoms in total. The van der Waals surface area contributed by atoms with Crippen LogP contribution in [0.5, 0.6) is 5.75 Å². The molecule has 0 unspecified atom stereocenters. The van der Waals surface area contributed by atoms with Crippen LogP contribution < -0.4 is 10.3 Å². The van der Waals surface area contributed by atoms with Crippen LogP contribution in [0, 0.1) is 0 Å². The molecule has 4 aromatic rings. The molecule has 0 bridgehead atoms. The Morgan fingerprint density at radius 3 is 2.83 bits per heavy atom. The summed E-state index contributed by atoms with van der Waals surface area (Å²) in [7, 11) is 1.35. The van der Waals surface area contributed by atoms with Crippen LogP contribution in [0.1, 0.15) is 26.5 Å². The van der Waals surface area contributed by atoms with Gasteiger partial charge in [-0.1, -0.05) is 18.2 Å². The van der Waals surface area contributed by atoms with Gasteiger partial charge in [-0.05, 0) is 23.1 Å². The van der Waals surface area contributed by atoms with Gasteiger partial charge in [0.25, 0.3) is 5.56 Å². The summed E-state index contributed by atoms with van der Waals surface area (Å²) in [6.45, 7) is 2.88. The van der Waals surface area contributed by atoms with Crippen LogP contribution >= 0.6 is 11.3 Å². The molecule has 35 heavy (non-hydrogen) atoms. The summed E-state index contributed by atoms with van der Waals surface area (Å²) in [4.78, 5) is 38.2. The number of hydrogen-bond donors (Lipinski definition) is 0. The van der Waals surface area contributed by atoms with Gasteiger partial charge in [0.05, 0.1) is 24.8 Å². The van der Waals surface area contributed by atoms with Gasteiger partial charge in [0.1, 0.15) is 11.3 Å². The maximum Gasteiger partial charge on any atom is 0.343 e. The molecular formula is C26H26N4O4S. The number of benzene rings is 1. The molecule has 1 aliphatic heterocycles. The summed E-state index contributed by atoms with van der Waals surface area (Å²) in [6, 6.07) is 11.4. The number of rotatable bonds is 7. The van der Waals surface area contributed by atoms with E-state index in [1.807, 2.05) is 29.6 Å². The molecule has 0 saturated carbocycles. The molecule has 0 amide bonds. The summed E-state index contributed by atoms with van der Waals surface area (Å²) in [6.07, 6.45) is 4.62. The number of fused-ring (bicyclic) bond motifs is 2. The molecule has 4 heterocycles. The number of hydrogen-bond acceptors (Lipinski definition) is 8. The van der Waals surface area contributed by atoms with Crippen molar-refractivity contribution in [3.8, 4) is 5.75 Å². The van der Waals surface area contributed by atoms with Crippen molar-refractivity contribution in [2.24, 2.45) is 0 Å². The summed E-state index contributed by atoms with van der Waals surface area (Å²) < 4.78 is 12.7. The fraction of sp³-hybridized carbons (Fsp3) is 0.308. The molecule has 0 atom stereocenters. The number of esters is 1. The third-order valence-corrected chi connectivity index (χ3v) is 7.17. The highest BCUT2D eigenvalue weighted by Crippen LogP contribution is 2.25. The zero-order valence-electron chi connectivity index (χ0n) is 19.5. The fourth-order valence-electron chi connectivity index (χ4n) is 4.52. The van der Waals surface area contributed by atoms with E-state index in [0.29, 0.717) is 62.6 Å². The minimum Gasteiger partial charge on any atom is -0.492 e. The Morgan fingerprint density at radius 1 is 1.11 bits per heavy atom. The molecule has 0 fully saturated rings. The van der Waals surface area contributed by atoms with Gasteiger partial charge >= 0.3 is 5.97 Å². The maximum atomic E-state index is 13.0. The summed E-state index contributed by atoms with van der Waals surface area (Å²) >= 11 is 1.65. The lowest BCUT2D eigenvalue weighted by Gasteiger charge is -2.20. The van der Waals surface area contributed by atoms with Crippen molar-refractivity contribution in [2.75, 3.05) is 26.8 Å². The molecule has 1 aromatic carbocycles. The summed E-state index contributed by atoms with van der Waals surface area (Å²) in [5.74, 6) is -0.194. The quantitative estimate of drug-likeness (QED) is 0.367. The van der Waals surface area contributed by atoms with Gasteiger partial charge in [0.2, 0.25) is 0 Å². The zero-order chi connectivity index (χ0) is 24.2. The number of carbonyl (C=O) groups is 1. The lowest BCUT2D eigenvalue weighted by molar-refractivity contribution is 0.0593. The number of nitrogens with zero attached hydrogens (tertiary/aromatic N) is 4. The third-order valence-electron chi connectivity index (χ3n) is 6.24. The first-order valence-electron chi connectivity index (χ1n) is 11.5. The highest BCUT2D eigenvalue weighted by atomic mass is 32.1. The van der Waals surface area contributed by atoms with E-state index in [1.54, 1.807) is 28.3 Å². The first-order valence-corrected chi connectivity index (χ1v) is 12.4. The first kappa shape index (κ1) is 23.2. The second kappa shape index (κ2) is 10.4. The SMILES string of the molecule is COC(=O)c1c(OCCc2cccs2)cc(=O)n2c1CCN(Cc1cccc3nccnc13)CC2. The third kappa shape index (κ3) is 4.96. The minimum absolute atomic E-state index is 0.170. The van der Waals surface area contributed by atoms with Gasteiger partial charge in [0.15, 0.2) is 0 Å². The van der Waals surface area contributed by atoms with Crippen molar-refractivity contribution in [3.05, 3.63) is 86.2 Å². The van der Waals surface area contributed by atoms with E-state index in [9.17, 15) is 9.59 Å². The van der Waals surface area contributed by atoms with Crippen molar-refractivity contribution in [1.82, 2.24) is 19.4 Å². The zero-order valence-corrected chi connectivity index (χ0v) is 20.3. The smallest absolute Gasteiger partial charge is 0.343 e. The molecule has 0 N–H and O–H groups in total. The number of methoxy groups -OCH3 is 1. The van der Waals surface area contributed by atoms with Crippen LogP contribution in [0.15, 0.2) is 59.0 Å². The van der Waals surface area contributed by atoms with Crippen LogP contribution in [0.3, 0.4) is 0 Å². The number of ether oxygens (including phenoxy) is 2. The lowest BCUT2D eigenvalue weighted by atomic mass is 10.1. The topological polar surface area (TPSA) is 86.5 Å². The molecular weight excluding hydrogens is 464 g/mol. The van der Waals surface area contributed by atoms with Crippen molar-refractivity contribution in [3.63, 3.8) is 0 Å². The van der Waals surface area contributed by atoms with E-state index in [1.165, 1.54) is 18.1 Å². The van der Waals surface area contributed by atoms with E-state index in [-0.39, 0.29) is 5.56 Å². The van der Waals surface area contributed by atoms with Crippen molar-refractivity contribution < 1.29 is 14.3 Å². The van der Waals surface area contributed by atoms with Gasteiger partial charge in [-0.25, -0.2) is 4.79 Å². The van der Waals surface area contributed by atoms with Gasteiger partial charge in [-0.15, -0.1) is 11.3 Å². The average molecular weight is 491 g/mol. The Morgan fingerprint density at radius 2 is 2.00 bits per heavy atom. The predicted molar refractivity (Wildman–Crippen MR) is 134 cm³/mol. The van der Waals surface area contributed by atoms with Gasteiger partial charge in [0, 0.05) is 68.1 Å². The highest BCUT2D eigenvalue weighted by Gasteiger charge is 2.26. The van der Waals surface area contributed by atoms with Crippen LogP contribution in [-0.2, 0) is 30.7 Å². The molecule has 180 valence electrons. The van der Waals surface area contributed by atoms with Crippen LogP contribution in [0.4, 0.5) is 0 Å². The molecule has 1 aliphatic rings. The highest BCUT2D eigenvalue weighted by molar-refractivity contribution is 7.09. The standard InChI is InChI=1S/C26H26N4O4S/c1-33-26(32)24-21-7-11-29(17-18-4-2-6-20-25(18)28-10-9-27-20)12-13-30(21)23(31)16-22(24)34-14-8-19-5-3-15-35-19/h2-6,9-10,15-16H,7-8,11-14,17H2,1H3. The number of carbonyl (C=O) groups excluding carboxylic acids is 1. The van der Waals surface area contributed by atoms with E-state index < -0.39 is 5.97 Å². The summed E-state index contributed by atoms with van der Waals surface area (Å²) in [5, 5.41) is 2.01. The molecule has 0 aliphatic carbocycles. The fourth-order valence-corrected chi connectivity index (χ4v) is 5.21. The van der Waals surface area contributed by atoms with E-state index >= 15 is 0 Å². The van der Waals surface area contributed by atoms with Crippen LogP contribution in [0.25, 0.3) is 11.0 Å². The Balaban J connectivity index is 1.39. The average Bonchev–Trinajstić information content (AvgIpc) is 3.31. The van der Waals surface area contributed by atoms with E-state index in [4.69, 9.17) is 9.47 Å². The van der Waals surface area contributed by atoms with Gasteiger partial charge < -0.3 is 14.0 Å². The second-order valence-corrected chi connectivity index (χ2v) is 9.39. The molecule has 0 spiro atoms. The largest absolute Gasteiger partial charge is 0.492 e. The normalized spacial score (nSPS) is 13.9. The van der Waals surface area contributed by atoms with Crippen LogP contribution in [0.2, 0.25) is 0 Å². The molecule has 0 saturated heterocycles. The van der Waals surface area contributed by atoms with Crippen molar-refractivity contribution in [1.29, 1.82) is 0 Å². The summed E-state index contributed by atoms with van der Waals surface area (Å²) in [5.41, 5.74) is 3.66. The maximum absolute atomic E-state index is 13.0. The van der Waals surface area contributed by atoms with Gasteiger partial charge in [-0.3, -0.25) is 19.7 Å². The van der Waals surface area contributed by atoms with Crippen molar-refractivity contribution in [2.45, 2.75) is 25.9 Å². The van der Waals surface area contributed by atoms with Crippen molar-refractivity contribution >= 4 is 28.3 Å². The Labute approximate surface area is 206 Å². The number of aromatic nitrogens is 3. The Bertz CT molecular complexity index is 1400. The first-order chi connectivity index (χ1) is 17.1. The predicted octanol–water partition coefficient (Wildman–Crippen LogP) is 3.32. The van der Waals surface area contributed by atoms with Gasteiger partial charge in [-0.2, -0.15) is 0 Å². The van der Waals surface area contributed by atoms with E-state index in [0.717, 1.165) is 16.6 Å². The number of thiophene rings is 1. The Kier molecular flexibility index (Phi) is 6.87. The molecule has 5 rings (SSSR count). The minimum atomic E-state index is -0.488. The molecule has 3 aromatic heterocycles. The van der Waals surface area contributed by atoms with E-state index in [2.05, 4.69) is 20.9 Å². The number of pyridine rings is 1. The lowest BCUT2D eigenvalue weighted by Crippen LogP contribution is -2.29. The molecule has 0 radical (unpaired) electrons.